The van der Waals surface area contributed by atoms with Crippen LogP contribution in [0.15, 0.2) is 30.7 Å². The molecule has 2 aromatic rings. The number of carbonyl (C=O) groups excluding carboxylic acids is 1. The first kappa shape index (κ1) is 18.6. The number of aromatic nitrogens is 2. The topological polar surface area (TPSA) is 58.1 Å². The fourth-order valence-electron chi connectivity index (χ4n) is 4.20. The molecule has 2 aliphatic heterocycles. The molecule has 148 valence electrons. The molecule has 2 unspecified atom stereocenters. The second kappa shape index (κ2) is 6.72. The summed E-state index contributed by atoms with van der Waals surface area (Å²) in [6, 6.07) is 2.02. The van der Waals surface area contributed by atoms with E-state index in [0.717, 1.165) is 43.8 Å². The number of fused-ring (bicyclic) bond motifs is 2. The molecule has 1 aliphatic carbocycles. The molecule has 2 aromatic heterocycles. The number of hydrogen-bond donors (Lipinski definition) is 1. The Hall–Kier alpha value is -2.71. The summed E-state index contributed by atoms with van der Waals surface area (Å²) in [5, 5.41) is 2.59. The van der Waals surface area contributed by atoms with Gasteiger partial charge in [-0.25, -0.2) is 14.2 Å². The predicted octanol–water partition coefficient (Wildman–Crippen LogP) is 4.71. The molecule has 3 aliphatic rings. The molecule has 1 N–H and O–H groups in total. The lowest BCUT2D eigenvalue weighted by Gasteiger charge is -2.54. The lowest BCUT2D eigenvalue weighted by molar-refractivity contribution is -0.137. The zero-order valence-electron chi connectivity index (χ0n) is 15.0. The summed E-state index contributed by atoms with van der Waals surface area (Å²) in [4.78, 5) is 21.7. The monoisotopic (exact) mass is 394 g/mol. The molecule has 4 heterocycles. The van der Waals surface area contributed by atoms with Gasteiger partial charge in [-0.15, -0.1) is 0 Å². The highest BCUT2D eigenvalue weighted by Gasteiger charge is 2.46. The van der Waals surface area contributed by atoms with Gasteiger partial charge in [0.2, 0.25) is 0 Å². The molecule has 3 atom stereocenters. The van der Waals surface area contributed by atoms with Gasteiger partial charge in [-0.2, -0.15) is 13.2 Å². The van der Waals surface area contributed by atoms with E-state index in [4.69, 9.17) is 0 Å². The van der Waals surface area contributed by atoms with Gasteiger partial charge in [-0.3, -0.25) is 10.3 Å². The molecule has 2 bridgehead atoms. The van der Waals surface area contributed by atoms with Crippen LogP contribution in [0.1, 0.15) is 31.7 Å². The quantitative estimate of drug-likeness (QED) is 0.751. The highest BCUT2D eigenvalue weighted by Crippen LogP contribution is 2.42. The van der Waals surface area contributed by atoms with E-state index in [1.165, 1.54) is 0 Å². The van der Waals surface area contributed by atoms with Gasteiger partial charge < -0.3 is 4.90 Å². The SMILES string of the molecule is CC1CC2C[C@H](C1)N2C(=O)Nc1cc(-c2cncc(F)c2)c(C(F)(F)F)cn1. The number of hydrogen-bond acceptors (Lipinski definition) is 3. The molecular formula is C19H18F4N4O. The zero-order valence-corrected chi connectivity index (χ0v) is 15.0. The smallest absolute Gasteiger partial charge is 0.318 e. The lowest BCUT2D eigenvalue weighted by atomic mass is 9.74. The molecule has 2 amide bonds. The molecule has 3 fully saturated rings. The van der Waals surface area contributed by atoms with Crippen molar-refractivity contribution in [2.24, 2.45) is 5.92 Å². The zero-order chi connectivity index (χ0) is 20.1. The van der Waals surface area contributed by atoms with Crippen molar-refractivity contribution >= 4 is 11.8 Å². The summed E-state index contributed by atoms with van der Waals surface area (Å²) in [6.07, 6.45) is 0.814. The fraction of sp³-hybridized carbons (Fsp3) is 0.421. The van der Waals surface area contributed by atoms with Crippen LogP contribution in [0.5, 0.6) is 0 Å². The third-order valence-corrected chi connectivity index (χ3v) is 5.37. The van der Waals surface area contributed by atoms with Crippen LogP contribution >= 0.6 is 0 Å². The average Bonchev–Trinajstić information content (AvgIpc) is 2.60. The number of amides is 2. The van der Waals surface area contributed by atoms with E-state index in [1.54, 1.807) is 4.90 Å². The van der Waals surface area contributed by atoms with Crippen molar-refractivity contribution in [3.05, 3.63) is 42.1 Å². The molecule has 1 saturated carbocycles. The highest BCUT2D eigenvalue weighted by atomic mass is 19.4. The maximum Gasteiger partial charge on any atom is 0.418 e. The van der Waals surface area contributed by atoms with Gasteiger partial charge in [-0.05, 0) is 37.3 Å². The number of piperidine rings is 1. The Morgan fingerprint density at radius 1 is 1.14 bits per heavy atom. The highest BCUT2D eigenvalue weighted by molar-refractivity contribution is 5.90. The lowest BCUT2D eigenvalue weighted by Crippen LogP contribution is -2.63. The Kier molecular flexibility index (Phi) is 4.47. The average molecular weight is 394 g/mol. The molecular weight excluding hydrogens is 376 g/mol. The molecule has 9 heteroatoms. The van der Waals surface area contributed by atoms with E-state index in [0.29, 0.717) is 12.1 Å². The van der Waals surface area contributed by atoms with Crippen LogP contribution in [0, 0.1) is 11.7 Å². The van der Waals surface area contributed by atoms with E-state index in [2.05, 4.69) is 22.2 Å². The first-order chi connectivity index (χ1) is 13.2. The van der Waals surface area contributed by atoms with Gasteiger partial charge in [0, 0.05) is 35.6 Å². The summed E-state index contributed by atoms with van der Waals surface area (Å²) in [5.74, 6) is -0.213. The van der Waals surface area contributed by atoms with Crippen molar-refractivity contribution in [1.82, 2.24) is 14.9 Å². The van der Waals surface area contributed by atoms with Crippen LogP contribution in [0.2, 0.25) is 0 Å². The van der Waals surface area contributed by atoms with Crippen LogP contribution in [0.25, 0.3) is 11.1 Å². The minimum Gasteiger partial charge on any atom is -0.318 e. The maximum atomic E-state index is 13.5. The Morgan fingerprint density at radius 3 is 2.50 bits per heavy atom. The van der Waals surface area contributed by atoms with Gasteiger partial charge in [-0.1, -0.05) is 6.92 Å². The van der Waals surface area contributed by atoms with Gasteiger partial charge >= 0.3 is 12.2 Å². The van der Waals surface area contributed by atoms with Crippen molar-refractivity contribution in [1.29, 1.82) is 0 Å². The molecule has 5 nitrogen and oxygen atoms in total. The van der Waals surface area contributed by atoms with E-state index < -0.39 is 17.6 Å². The summed E-state index contributed by atoms with van der Waals surface area (Å²) < 4.78 is 53.6. The first-order valence-electron chi connectivity index (χ1n) is 9.00. The van der Waals surface area contributed by atoms with Crippen LogP contribution in [0.3, 0.4) is 0 Å². The van der Waals surface area contributed by atoms with Gasteiger partial charge in [0.25, 0.3) is 0 Å². The molecule has 0 aromatic carbocycles. The number of pyridine rings is 2. The number of halogens is 4. The molecule has 28 heavy (non-hydrogen) atoms. The first-order valence-corrected chi connectivity index (χ1v) is 9.00. The molecule has 5 rings (SSSR count). The third kappa shape index (κ3) is 3.41. The van der Waals surface area contributed by atoms with Crippen molar-refractivity contribution in [2.75, 3.05) is 5.32 Å². The van der Waals surface area contributed by atoms with Gasteiger partial charge in [0.05, 0.1) is 11.8 Å². The Morgan fingerprint density at radius 2 is 1.86 bits per heavy atom. The van der Waals surface area contributed by atoms with Crippen LogP contribution < -0.4 is 5.32 Å². The normalized spacial score (nSPS) is 23.9. The Bertz CT molecular complexity index is 905. The number of alkyl halides is 3. The van der Waals surface area contributed by atoms with Gasteiger partial charge in [0.1, 0.15) is 11.6 Å². The van der Waals surface area contributed by atoms with Crippen molar-refractivity contribution in [3.63, 3.8) is 0 Å². The van der Waals surface area contributed by atoms with Gasteiger partial charge in [0.15, 0.2) is 0 Å². The maximum absolute atomic E-state index is 13.5. The summed E-state index contributed by atoms with van der Waals surface area (Å²) in [6.45, 7) is 2.14. The van der Waals surface area contributed by atoms with Crippen LogP contribution in [0.4, 0.5) is 28.2 Å². The number of carbonyl (C=O) groups is 1. The minimum atomic E-state index is -4.68. The van der Waals surface area contributed by atoms with Crippen molar-refractivity contribution in [3.8, 4) is 11.1 Å². The Balaban J connectivity index is 1.62. The predicted molar refractivity (Wildman–Crippen MR) is 93.9 cm³/mol. The number of nitrogens with zero attached hydrogens (tertiary/aromatic N) is 3. The second-order valence-corrected chi connectivity index (χ2v) is 7.46. The van der Waals surface area contributed by atoms with E-state index in [-0.39, 0.29) is 35.1 Å². The van der Waals surface area contributed by atoms with E-state index in [9.17, 15) is 22.4 Å². The number of nitrogens with one attached hydrogen (secondary N) is 1. The standard InChI is InChI=1S/C19H18F4N4O/c1-10-2-13-5-14(3-10)27(13)18(28)26-17-6-15(11-4-12(20)8-24-7-11)16(9-25-17)19(21,22)23/h4,6-10,13-14H,2-3,5H2,1H3,(H,25,26,28)/t10?,13-,14?/m0/s1. The number of rotatable bonds is 2. The molecule has 0 radical (unpaired) electrons. The molecule has 2 saturated heterocycles. The van der Waals surface area contributed by atoms with E-state index >= 15 is 0 Å². The van der Waals surface area contributed by atoms with Crippen molar-refractivity contribution < 1.29 is 22.4 Å². The fourth-order valence-corrected chi connectivity index (χ4v) is 4.20. The van der Waals surface area contributed by atoms with E-state index in [1.807, 2.05) is 0 Å². The summed E-state index contributed by atoms with van der Waals surface area (Å²) in [5.41, 5.74) is -1.35. The van der Waals surface area contributed by atoms with Crippen molar-refractivity contribution in [2.45, 2.75) is 44.4 Å². The van der Waals surface area contributed by atoms with Crippen LogP contribution in [-0.4, -0.2) is 33.0 Å². The van der Waals surface area contributed by atoms with Crippen LogP contribution in [-0.2, 0) is 6.18 Å². The number of urea groups is 1. The Labute approximate surface area is 158 Å². The minimum absolute atomic E-state index is 0.0183. The largest absolute Gasteiger partial charge is 0.418 e. The third-order valence-electron chi connectivity index (χ3n) is 5.37. The number of anilines is 1. The summed E-state index contributed by atoms with van der Waals surface area (Å²) >= 11 is 0. The molecule has 0 spiro atoms. The second-order valence-electron chi connectivity index (χ2n) is 7.46. The summed E-state index contributed by atoms with van der Waals surface area (Å²) in [7, 11) is 0.